The van der Waals surface area contributed by atoms with Crippen LogP contribution in [0.3, 0.4) is 0 Å². The summed E-state index contributed by atoms with van der Waals surface area (Å²) in [6.07, 6.45) is 3.91. The summed E-state index contributed by atoms with van der Waals surface area (Å²) in [5, 5.41) is 5.93. The van der Waals surface area contributed by atoms with Gasteiger partial charge in [0.2, 0.25) is 5.95 Å². The zero-order chi connectivity index (χ0) is 17.4. The van der Waals surface area contributed by atoms with Crippen LogP contribution in [0.25, 0.3) is 0 Å². The van der Waals surface area contributed by atoms with Gasteiger partial charge in [-0.1, -0.05) is 12.1 Å². The van der Waals surface area contributed by atoms with E-state index in [4.69, 9.17) is 4.74 Å². The SMILES string of the molecule is COc1ccccc1Nc1ncc(C(=O)NCCCN(C)C)cn1. The number of methoxy groups -OCH3 is 1. The third-order valence-electron chi connectivity index (χ3n) is 3.34. The molecule has 0 spiro atoms. The van der Waals surface area contributed by atoms with E-state index in [1.807, 2.05) is 38.4 Å². The fourth-order valence-electron chi connectivity index (χ4n) is 2.08. The van der Waals surface area contributed by atoms with Gasteiger partial charge in [0.1, 0.15) is 5.75 Å². The summed E-state index contributed by atoms with van der Waals surface area (Å²) in [6.45, 7) is 1.55. The van der Waals surface area contributed by atoms with Crippen LogP contribution >= 0.6 is 0 Å². The van der Waals surface area contributed by atoms with Crippen LogP contribution in [-0.2, 0) is 0 Å². The van der Waals surface area contributed by atoms with E-state index in [1.54, 1.807) is 7.11 Å². The number of carbonyl (C=O) groups excluding carboxylic acids is 1. The Morgan fingerprint density at radius 1 is 1.21 bits per heavy atom. The van der Waals surface area contributed by atoms with Gasteiger partial charge in [-0.2, -0.15) is 0 Å². The van der Waals surface area contributed by atoms with Crippen molar-refractivity contribution in [2.45, 2.75) is 6.42 Å². The number of rotatable bonds is 8. The van der Waals surface area contributed by atoms with Crippen LogP contribution < -0.4 is 15.4 Å². The molecule has 1 amide bonds. The summed E-state index contributed by atoms with van der Waals surface area (Å²) >= 11 is 0. The second kappa shape index (κ2) is 8.83. The van der Waals surface area contributed by atoms with Gasteiger partial charge in [0.15, 0.2) is 0 Å². The lowest BCUT2D eigenvalue weighted by Crippen LogP contribution is -2.27. The number of anilines is 2. The minimum atomic E-state index is -0.169. The number of ether oxygens (including phenoxy) is 1. The number of nitrogens with one attached hydrogen (secondary N) is 2. The van der Waals surface area contributed by atoms with Crippen molar-refractivity contribution in [3.63, 3.8) is 0 Å². The molecule has 2 rings (SSSR count). The third kappa shape index (κ3) is 5.20. The Morgan fingerprint density at radius 3 is 2.58 bits per heavy atom. The predicted molar refractivity (Wildman–Crippen MR) is 93.8 cm³/mol. The van der Waals surface area contributed by atoms with E-state index < -0.39 is 0 Å². The van der Waals surface area contributed by atoms with Crippen LogP contribution in [0.4, 0.5) is 11.6 Å². The summed E-state index contributed by atoms with van der Waals surface area (Å²) in [7, 11) is 5.61. The zero-order valence-electron chi connectivity index (χ0n) is 14.2. The van der Waals surface area contributed by atoms with Gasteiger partial charge in [0, 0.05) is 18.9 Å². The van der Waals surface area contributed by atoms with Gasteiger partial charge in [-0.25, -0.2) is 9.97 Å². The highest BCUT2D eigenvalue weighted by Gasteiger charge is 2.08. The molecule has 0 saturated heterocycles. The van der Waals surface area contributed by atoms with Crippen molar-refractivity contribution in [3.8, 4) is 5.75 Å². The lowest BCUT2D eigenvalue weighted by molar-refractivity contribution is 0.0951. The lowest BCUT2D eigenvalue weighted by Gasteiger charge is -2.10. The van der Waals surface area contributed by atoms with E-state index in [1.165, 1.54) is 12.4 Å². The van der Waals surface area contributed by atoms with E-state index in [9.17, 15) is 4.79 Å². The second-order valence-corrected chi connectivity index (χ2v) is 5.53. The van der Waals surface area contributed by atoms with Crippen molar-refractivity contribution in [3.05, 3.63) is 42.2 Å². The molecule has 0 bridgehead atoms. The van der Waals surface area contributed by atoms with Crippen molar-refractivity contribution in [1.82, 2.24) is 20.2 Å². The van der Waals surface area contributed by atoms with Crippen LogP contribution in [0.15, 0.2) is 36.7 Å². The predicted octanol–water partition coefficient (Wildman–Crippen LogP) is 1.91. The number of hydrogen-bond donors (Lipinski definition) is 2. The average molecular weight is 329 g/mol. The maximum atomic E-state index is 12.0. The average Bonchev–Trinajstić information content (AvgIpc) is 2.59. The van der Waals surface area contributed by atoms with E-state index in [2.05, 4.69) is 25.5 Å². The Balaban J connectivity index is 1.91. The molecule has 0 aliphatic carbocycles. The maximum absolute atomic E-state index is 12.0. The Labute approximate surface area is 142 Å². The number of amides is 1. The monoisotopic (exact) mass is 329 g/mol. The molecule has 0 aliphatic rings. The fraction of sp³-hybridized carbons (Fsp3) is 0.353. The van der Waals surface area contributed by atoms with Gasteiger partial charge in [0.25, 0.3) is 5.91 Å². The van der Waals surface area contributed by atoms with Gasteiger partial charge in [0.05, 0.1) is 18.4 Å². The molecule has 0 unspecified atom stereocenters. The summed E-state index contributed by atoms with van der Waals surface area (Å²) in [5.74, 6) is 0.935. The van der Waals surface area contributed by atoms with E-state index >= 15 is 0 Å². The highest BCUT2D eigenvalue weighted by atomic mass is 16.5. The van der Waals surface area contributed by atoms with Crippen molar-refractivity contribution < 1.29 is 9.53 Å². The van der Waals surface area contributed by atoms with Crippen LogP contribution in [0, 0.1) is 0 Å². The third-order valence-corrected chi connectivity index (χ3v) is 3.34. The molecule has 0 atom stereocenters. The van der Waals surface area contributed by atoms with Gasteiger partial charge < -0.3 is 20.3 Å². The first kappa shape index (κ1) is 17.7. The minimum absolute atomic E-state index is 0.169. The van der Waals surface area contributed by atoms with E-state index in [0.717, 1.165) is 18.7 Å². The molecule has 0 saturated carbocycles. The lowest BCUT2D eigenvalue weighted by atomic mass is 10.3. The Hall–Kier alpha value is -2.67. The zero-order valence-corrected chi connectivity index (χ0v) is 14.2. The van der Waals surface area contributed by atoms with Crippen molar-refractivity contribution in [1.29, 1.82) is 0 Å². The normalized spacial score (nSPS) is 10.5. The Bertz CT molecular complexity index is 658. The number of aromatic nitrogens is 2. The molecule has 24 heavy (non-hydrogen) atoms. The molecular formula is C17H23N5O2. The topological polar surface area (TPSA) is 79.4 Å². The largest absolute Gasteiger partial charge is 0.495 e. The van der Waals surface area contributed by atoms with Gasteiger partial charge in [-0.15, -0.1) is 0 Å². The van der Waals surface area contributed by atoms with Crippen molar-refractivity contribution >= 4 is 17.5 Å². The highest BCUT2D eigenvalue weighted by Crippen LogP contribution is 2.25. The molecule has 0 radical (unpaired) electrons. The van der Waals surface area contributed by atoms with Crippen LogP contribution in [0.1, 0.15) is 16.8 Å². The molecular weight excluding hydrogens is 306 g/mol. The molecule has 2 N–H and O–H groups in total. The summed E-state index contributed by atoms with van der Waals surface area (Å²) in [6, 6.07) is 7.49. The number of hydrogen-bond acceptors (Lipinski definition) is 6. The Kier molecular flexibility index (Phi) is 6.51. The summed E-state index contributed by atoms with van der Waals surface area (Å²) in [4.78, 5) is 22.5. The Morgan fingerprint density at radius 2 is 1.92 bits per heavy atom. The highest BCUT2D eigenvalue weighted by molar-refractivity contribution is 5.93. The molecule has 7 nitrogen and oxygen atoms in total. The molecule has 0 fully saturated rings. The first-order valence-corrected chi connectivity index (χ1v) is 7.75. The molecule has 7 heteroatoms. The molecule has 1 aromatic carbocycles. The van der Waals surface area contributed by atoms with E-state index in [-0.39, 0.29) is 5.91 Å². The number of benzene rings is 1. The first-order chi connectivity index (χ1) is 11.6. The number of nitrogens with zero attached hydrogens (tertiary/aromatic N) is 3. The van der Waals surface area contributed by atoms with Crippen LogP contribution in [0.5, 0.6) is 5.75 Å². The summed E-state index contributed by atoms with van der Waals surface area (Å²) < 4.78 is 5.27. The smallest absolute Gasteiger partial charge is 0.254 e. The minimum Gasteiger partial charge on any atom is -0.495 e. The molecule has 128 valence electrons. The molecule has 0 aliphatic heterocycles. The van der Waals surface area contributed by atoms with Crippen LogP contribution in [0.2, 0.25) is 0 Å². The standard InChI is InChI=1S/C17H23N5O2/c1-22(2)10-6-9-18-16(23)13-11-19-17(20-12-13)21-14-7-4-5-8-15(14)24-3/h4-5,7-8,11-12H,6,9-10H2,1-3H3,(H,18,23)(H,19,20,21). The molecule has 2 aromatic rings. The maximum Gasteiger partial charge on any atom is 0.254 e. The number of carbonyl (C=O) groups is 1. The van der Waals surface area contributed by atoms with Crippen LogP contribution in [-0.4, -0.2) is 55.1 Å². The fourth-order valence-corrected chi connectivity index (χ4v) is 2.08. The second-order valence-electron chi connectivity index (χ2n) is 5.53. The van der Waals surface area contributed by atoms with E-state index in [0.29, 0.717) is 23.8 Å². The summed E-state index contributed by atoms with van der Waals surface area (Å²) in [5.41, 5.74) is 1.20. The molecule has 1 heterocycles. The molecule has 1 aromatic heterocycles. The number of para-hydroxylation sites is 2. The van der Waals surface area contributed by atoms with Gasteiger partial charge >= 0.3 is 0 Å². The van der Waals surface area contributed by atoms with Crippen molar-refractivity contribution in [2.75, 3.05) is 39.6 Å². The quantitative estimate of drug-likeness (QED) is 0.720. The van der Waals surface area contributed by atoms with Gasteiger partial charge in [-0.3, -0.25) is 4.79 Å². The van der Waals surface area contributed by atoms with Crippen molar-refractivity contribution in [2.24, 2.45) is 0 Å². The van der Waals surface area contributed by atoms with Gasteiger partial charge in [-0.05, 0) is 39.2 Å². The first-order valence-electron chi connectivity index (χ1n) is 7.75.